The summed E-state index contributed by atoms with van der Waals surface area (Å²) in [5.41, 5.74) is 0. The van der Waals surface area contributed by atoms with Crippen molar-refractivity contribution in [3.8, 4) is 0 Å². The summed E-state index contributed by atoms with van der Waals surface area (Å²) >= 11 is 0.611. The highest BCUT2D eigenvalue weighted by atomic mass is 32.1. The average molecular weight is 116 g/mol. The van der Waals surface area contributed by atoms with Crippen LogP contribution < -0.4 is 0 Å². The highest BCUT2D eigenvalue weighted by Gasteiger charge is 2.13. The second kappa shape index (κ2) is 2.26. The van der Waals surface area contributed by atoms with Crippen LogP contribution in [-0.2, 0) is 11.3 Å². The minimum absolute atomic E-state index is 0.611. The fourth-order valence-corrected chi connectivity index (χ4v) is 1.08. The van der Waals surface area contributed by atoms with Crippen molar-refractivity contribution in [1.29, 1.82) is 0 Å². The van der Waals surface area contributed by atoms with Crippen LogP contribution in [-0.4, -0.2) is 9.58 Å². The molecule has 0 bridgehead atoms. The van der Waals surface area contributed by atoms with E-state index in [1.165, 1.54) is 19.3 Å². The van der Waals surface area contributed by atoms with Crippen molar-refractivity contribution < 1.29 is 4.21 Å². The minimum Gasteiger partial charge on any atom is -0.213 e. The van der Waals surface area contributed by atoms with Crippen molar-refractivity contribution in [3.63, 3.8) is 0 Å². The van der Waals surface area contributed by atoms with Gasteiger partial charge in [-0.2, -0.15) is 0 Å². The molecule has 0 radical (unpaired) electrons. The van der Waals surface area contributed by atoms with Crippen LogP contribution in [0, 0.1) is 5.92 Å². The highest BCUT2D eigenvalue weighted by Crippen LogP contribution is 2.23. The second-order valence-corrected chi connectivity index (χ2v) is 2.39. The fraction of sp³-hybridized carbons (Fsp3) is 0.800. The van der Waals surface area contributed by atoms with Gasteiger partial charge in [0.2, 0.25) is 0 Å². The monoisotopic (exact) mass is 116 g/mol. The summed E-state index contributed by atoms with van der Waals surface area (Å²) in [6.07, 6.45) is 3.81. The molecule has 0 unspecified atom stereocenters. The van der Waals surface area contributed by atoms with Gasteiger partial charge in [0.1, 0.15) is 0 Å². The molecule has 0 aromatic carbocycles. The van der Waals surface area contributed by atoms with Gasteiger partial charge in [0.15, 0.2) is 0 Å². The van der Waals surface area contributed by atoms with Crippen LogP contribution in [0.4, 0.5) is 0 Å². The second-order valence-electron chi connectivity index (χ2n) is 1.92. The standard InChI is InChI=1S/C5H8OS/c6-7-4-5-2-1-3-5/h4-5H,1-3H2. The molecule has 0 aliphatic heterocycles. The van der Waals surface area contributed by atoms with E-state index in [1.54, 1.807) is 5.37 Å². The first-order chi connectivity index (χ1) is 3.43. The maximum atomic E-state index is 9.79. The highest BCUT2D eigenvalue weighted by molar-refractivity contribution is 7.64. The largest absolute Gasteiger partial charge is 0.213 e. The molecule has 1 nitrogen and oxygen atoms in total. The molecule has 0 saturated heterocycles. The molecule has 0 heterocycles. The van der Waals surface area contributed by atoms with E-state index in [2.05, 4.69) is 0 Å². The van der Waals surface area contributed by atoms with Gasteiger partial charge in [-0.15, -0.1) is 0 Å². The van der Waals surface area contributed by atoms with Gasteiger partial charge in [-0.1, -0.05) is 6.42 Å². The lowest BCUT2D eigenvalue weighted by molar-refractivity contribution is 0.424. The predicted molar refractivity (Wildman–Crippen MR) is 31.5 cm³/mol. The molecule has 0 spiro atoms. The van der Waals surface area contributed by atoms with Gasteiger partial charge in [0.25, 0.3) is 0 Å². The van der Waals surface area contributed by atoms with Crippen LogP contribution in [0.1, 0.15) is 19.3 Å². The topological polar surface area (TPSA) is 17.1 Å². The Morgan fingerprint density at radius 2 is 2.29 bits per heavy atom. The molecule has 0 amide bonds. The Labute approximate surface area is 46.8 Å². The molecule has 1 saturated carbocycles. The minimum atomic E-state index is 0.611. The van der Waals surface area contributed by atoms with Gasteiger partial charge in [0, 0.05) is 5.37 Å². The van der Waals surface area contributed by atoms with E-state index in [1.807, 2.05) is 0 Å². The molecule has 0 atom stereocenters. The summed E-state index contributed by atoms with van der Waals surface area (Å²) in [7, 11) is 0. The number of hydrogen-bond donors (Lipinski definition) is 0. The van der Waals surface area contributed by atoms with E-state index in [9.17, 15) is 4.21 Å². The van der Waals surface area contributed by atoms with E-state index < -0.39 is 0 Å². The summed E-state index contributed by atoms with van der Waals surface area (Å²) in [6.45, 7) is 0. The van der Waals surface area contributed by atoms with Crippen LogP contribution in [0.2, 0.25) is 0 Å². The van der Waals surface area contributed by atoms with Crippen LogP contribution in [0.5, 0.6) is 0 Å². The van der Waals surface area contributed by atoms with E-state index in [0.29, 0.717) is 17.2 Å². The van der Waals surface area contributed by atoms with Crippen molar-refractivity contribution in [2.45, 2.75) is 19.3 Å². The molecule has 1 aliphatic rings. The third kappa shape index (κ3) is 1.13. The molecule has 0 aromatic rings. The SMILES string of the molecule is O=S=CC1CCC1. The molecule has 1 fully saturated rings. The van der Waals surface area contributed by atoms with Gasteiger partial charge >= 0.3 is 0 Å². The molecule has 0 aromatic heterocycles. The third-order valence-electron chi connectivity index (χ3n) is 1.40. The molecule has 7 heavy (non-hydrogen) atoms. The van der Waals surface area contributed by atoms with Crippen molar-refractivity contribution in [2.24, 2.45) is 5.92 Å². The Kier molecular flexibility index (Phi) is 1.63. The van der Waals surface area contributed by atoms with Gasteiger partial charge in [0.05, 0.1) is 11.3 Å². The van der Waals surface area contributed by atoms with E-state index in [-0.39, 0.29) is 0 Å². The molecule has 0 N–H and O–H groups in total. The maximum Gasteiger partial charge on any atom is 0.0843 e. The number of hydrogen-bond acceptors (Lipinski definition) is 1. The smallest absolute Gasteiger partial charge is 0.0843 e. The van der Waals surface area contributed by atoms with Gasteiger partial charge < -0.3 is 0 Å². The Balaban J connectivity index is 2.27. The van der Waals surface area contributed by atoms with Crippen molar-refractivity contribution in [2.75, 3.05) is 0 Å². The molecule has 1 rings (SSSR count). The first-order valence-corrected chi connectivity index (χ1v) is 3.36. The quantitative estimate of drug-likeness (QED) is 0.463. The molecular weight excluding hydrogens is 108 g/mol. The van der Waals surface area contributed by atoms with Crippen molar-refractivity contribution in [1.82, 2.24) is 0 Å². The Bertz CT molecular complexity index is 101. The van der Waals surface area contributed by atoms with Crippen molar-refractivity contribution >= 4 is 16.6 Å². The fourth-order valence-electron chi connectivity index (χ4n) is 0.654. The summed E-state index contributed by atoms with van der Waals surface area (Å²) in [5, 5.41) is 1.80. The average Bonchev–Trinajstić information content (AvgIpc) is 1.55. The van der Waals surface area contributed by atoms with Crippen LogP contribution >= 0.6 is 0 Å². The van der Waals surface area contributed by atoms with E-state index in [0.717, 1.165) is 0 Å². The van der Waals surface area contributed by atoms with Gasteiger partial charge in [-0.25, -0.2) is 4.21 Å². The maximum absolute atomic E-state index is 9.79. The Morgan fingerprint density at radius 1 is 1.57 bits per heavy atom. The van der Waals surface area contributed by atoms with Crippen LogP contribution in [0.3, 0.4) is 0 Å². The Morgan fingerprint density at radius 3 is 2.43 bits per heavy atom. The lowest BCUT2D eigenvalue weighted by Crippen LogP contribution is -2.11. The molecular formula is C5H8OS. The summed E-state index contributed by atoms with van der Waals surface area (Å²) in [5.74, 6) is 0.655. The van der Waals surface area contributed by atoms with Crippen LogP contribution in [0.15, 0.2) is 0 Å². The normalized spacial score (nSPS) is 20.6. The predicted octanol–water partition coefficient (Wildman–Crippen LogP) is 0.802. The van der Waals surface area contributed by atoms with Crippen LogP contribution in [0.25, 0.3) is 0 Å². The number of rotatable bonds is 1. The molecule has 1 aliphatic carbocycles. The zero-order chi connectivity index (χ0) is 5.11. The van der Waals surface area contributed by atoms with Crippen molar-refractivity contribution in [3.05, 3.63) is 0 Å². The third-order valence-corrected chi connectivity index (χ3v) is 1.89. The van der Waals surface area contributed by atoms with Gasteiger partial charge in [-0.3, -0.25) is 0 Å². The first-order valence-electron chi connectivity index (χ1n) is 2.55. The summed E-state index contributed by atoms with van der Waals surface area (Å²) < 4.78 is 9.79. The van der Waals surface area contributed by atoms with Gasteiger partial charge in [-0.05, 0) is 18.8 Å². The zero-order valence-electron chi connectivity index (χ0n) is 4.09. The van der Waals surface area contributed by atoms with E-state index in [4.69, 9.17) is 0 Å². The lowest BCUT2D eigenvalue weighted by Gasteiger charge is -2.18. The summed E-state index contributed by atoms with van der Waals surface area (Å²) in [6, 6.07) is 0. The molecule has 40 valence electrons. The summed E-state index contributed by atoms with van der Waals surface area (Å²) in [4.78, 5) is 0. The zero-order valence-corrected chi connectivity index (χ0v) is 4.91. The van der Waals surface area contributed by atoms with E-state index >= 15 is 0 Å². The molecule has 2 heteroatoms. The lowest BCUT2D eigenvalue weighted by atomic mass is 9.87. The Hall–Kier alpha value is -0.110. The first kappa shape index (κ1) is 5.04.